The predicted octanol–water partition coefficient (Wildman–Crippen LogP) is 2.75. The zero-order valence-electron chi connectivity index (χ0n) is 10.4. The average molecular weight is 298 g/mol. The lowest BCUT2D eigenvalue weighted by Gasteiger charge is -2.23. The maximum absolute atomic E-state index is 12.6. The Bertz CT molecular complexity index is 415. The molecule has 0 bridgehead atoms. The highest BCUT2D eigenvalue weighted by atomic mass is 35.5. The fourth-order valence-electron chi connectivity index (χ4n) is 1.52. The SMILES string of the molecule is CCCCN(CCO)c1cc(C(F)(F)F)nc(Cl)n1. The van der Waals surface area contributed by atoms with Gasteiger partial charge in [0.1, 0.15) is 5.82 Å². The van der Waals surface area contributed by atoms with Crippen LogP contribution in [0.25, 0.3) is 0 Å². The molecule has 1 aromatic heterocycles. The first-order valence-electron chi connectivity index (χ1n) is 5.86. The van der Waals surface area contributed by atoms with Crippen molar-refractivity contribution in [2.75, 3.05) is 24.6 Å². The molecule has 0 amide bonds. The van der Waals surface area contributed by atoms with E-state index < -0.39 is 17.2 Å². The fourth-order valence-corrected chi connectivity index (χ4v) is 1.70. The zero-order chi connectivity index (χ0) is 14.5. The second-order valence-corrected chi connectivity index (χ2v) is 4.28. The van der Waals surface area contributed by atoms with Crippen molar-refractivity contribution in [1.82, 2.24) is 9.97 Å². The lowest BCUT2D eigenvalue weighted by molar-refractivity contribution is -0.141. The molecular weight excluding hydrogens is 283 g/mol. The molecule has 19 heavy (non-hydrogen) atoms. The third kappa shape index (κ3) is 4.83. The Morgan fingerprint density at radius 3 is 2.53 bits per heavy atom. The summed E-state index contributed by atoms with van der Waals surface area (Å²) in [7, 11) is 0. The minimum absolute atomic E-state index is 0.0785. The fraction of sp³-hybridized carbons (Fsp3) is 0.636. The van der Waals surface area contributed by atoms with E-state index in [1.54, 1.807) is 4.90 Å². The molecule has 1 aromatic rings. The summed E-state index contributed by atoms with van der Waals surface area (Å²) in [6.07, 6.45) is -2.91. The van der Waals surface area contributed by atoms with Crippen LogP contribution in [0.15, 0.2) is 6.07 Å². The van der Waals surface area contributed by atoms with Crippen molar-refractivity contribution >= 4 is 17.4 Å². The Hall–Kier alpha value is -1.08. The van der Waals surface area contributed by atoms with E-state index in [0.717, 1.165) is 18.9 Å². The number of anilines is 1. The molecule has 0 aromatic carbocycles. The molecule has 8 heteroatoms. The molecule has 1 rings (SSSR count). The zero-order valence-corrected chi connectivity index (χ0v) is 11.2. The van der Waals surface area contributed by atoms with Gasteiger partial charge in [-0.15, -0.1) is 0 Å². The molecule has 1 heterocycles. The van der Waals surface area contributed by atoms with Crippen molar-refractivity contribution in [1.29, 1.82) is 0 Å². The van der Waals surface area contributed by atoms with E-state index in [9.17, 15) is 13.2 Å². The summed E-state index contributed by atoms with van der Waals surface area (Å²) in [6, 6.07) is 0.844. The molecule has 0 aliphatic heterocycles. The number of hydrogen-bond donors (Lipinski definition) is 1. The predicted molar refractivity (Wildman–Crippen MR) is 66.3 cm³/mol. The van der Waals surface area contributed by atoms with Gasteiger partial charge < -0.3 is 10.0 Å². The smallest absolute Gasteiger partial charge is 0.395 e. The van der Waals surface area contributed by atoms with Crippen molar-refractivity contribution in [3.8, 4) is 0 Å². The van der Waals surface area contributed by atoms with E-state index in [1.807, 2.05) is 6.92 Å². The highest BCUT2D eigenvalue weighted by Gasteiger charge is 2.34. The van der Waals surface area contributed by atoms with Crippen LogP contribution < -0.4 is 4.90 Å². The van der Waals surface area contributed by atoms with Crippen LogP contribution in [0.1, 0.15) is 25.5 Å². The van der Waals surface area contributed by atoms with Gasteiger partial charge in [-0.2, -0.15) is 13.2 Å². The number of aliphatic hydroxyl groups excluding tert-OH is 1. The largest absolute Gasteiger partial charge is 0.433 e. The molecule has 1 N–H and O–H groups in total. The normalized spacial score (nSPS) is 11.7. The standard InChI is InChI=1S/C11H15ClF3N3O/c1-2-3-4-18(5-6-19)9-7-8(11(13,14)15)16-10(12)17-9/h7,19H,2-6H2,1H3. The van der Waals surface area contributed by atoms with E-state index in [4.69, 9.17) is 16.7 Å². The first-order valence-corrected chi connectivity index (χ1v) is 6.24. The number of aliphatic hydroxyl groups is 1. The number of rotatable bonds is 6. The van der Waals surface area contributed by atoms with Crippen LogP contribution in [0.5, 0.6) is 0 Å². The third-order valence-corrected chi connectivity index (χ3v) is 2.62. The molecule has 4 nitrogen and oxygen atoms in total. The Morgan fingerprint density at radius 1 is 1.32 bits per heavy atom. The Balaban J connectivity index is 3.05. The first-order chi connectivity index (χ1) is 8.88. The summed E-state index contributed by atoms with van der Waals surface area (Å²) < 4.78 is 37.9. The van der Waals surface area contributed by atoms with Gasteiger partial charge in [0.2, 0.25) is 5.28 Å². The van der Waals surface area contributed by atoms with Gasteiger partial charge in [0.15, 0.2) is 5.69 Å². The summed E-state index contributed by atoms with van der Waals surface area (Å²) in [5.41, 5.74) is -1.08. The quantitative estimate of drug-likeness (QED) is 0.820. The highest BCUT2D eigenvalue weighted by Crippen LogP contribution is 2.30. The molecule has 0 spiro atoms. The Kier molecular flexibility index (Phi) is 5.81. The minimum Gasteiger partial charge on any atom is -0.395 e. The minimum atomic E-state index is -4.57. The number of unbranched alkanes of at least 4 members (excludes halogenated alkanes) is 1. The Morgan fingerprint density at radius 2 is 2.00 bits per heavy atom. The maximum Gasteiger partial charge on any atom is 0.433 e. The van der Waals surface area contributed by atoms with E-state index in [2.05, 4.69) is 9.97 Å². The van der Waals surface area contributed by atoms with E-state index in [0.29, 0.717) is 6.54 Å². The first kappa shape index (κ1) is 16.0. The molecule has 0 unspecified atom stereocenters. The number of halogens is 4. The number of aromatic nitrogens is 2. The van der Waals surface area contributed by atoms with Crippen molar-refractivity contribution in [2.45, 2.75) is 25.9 Å². The van der Waals surface area contributed by atoms with Gasteiger partial charge in [-0.05, 0) is 18.0 Å². The van der Waals surface area contributed by atoms with Crippen molar-refractivity contribution < 1.29 is 18.3 Å². The topological polar surface area (TPSA) is 49.2 Å². The summed E-state index contributed by atoms with van der Waals surface area (Å²) in [4.78, 5) is 8.52. The number of nitrogens with zero attached hydrogens (tertiary/aromatic N) is 3. The second kappa shape index (κ2) is 6.91. The third-order valence-electron chi connectivity index (χ3n) is 2.45. The van der Waals surface area contributed by atoms with Crippen molar-refractivity contribution in [2.24, 2.45) is 0 Å². The van der Waals surface area contributed by atoms with Crippen LogP contribution in [0.3, 0.4) is 0 Å². The monoisotopic (exact) mass is 297 g/mol. The number of alkyl halides is 3. The van der Waals surface area contributed by atoms with E-state index in [1.165, 1.54) is 0 Å². The molecule has 0 aliphatic carbocycles. The summed E-state index contributed by atoms with van der Waals surface area (Å²) in [5, 5.41) is 8.50. The summed E-state index contributed by atoms with van der Waals surface area (Å²) in [6.45, 7) is 2.49. The van der Waals surface area contributed by atoms with Crippen LogP contribution in [0.4, 0.5) is 19.0 Å². The van der Waals surface area contributed by atoms with Crippen LogP contribution >= 0.6 is 11.6 Å². The van der Waals surface area contributed by atoms with Crippen LogP contribution in [-0.2, 0) is 6.18 Å². The molecule has 0 atom stereocenters. The molecule has 0 radical (unpaired) electrons. The molecule has 0 saturated heterocycles. The second-order valence-electron chi connectivity index (χ2n) is 3.94. The van der Waals surface area contributed by atoms with Gasteiger partial charge >= 0.3 is 6.18 Å². The van der Waals surface area contributed by atoms with Gasteiger partial charge in [0, 0.05) is 19.2 Å². The van der Waals surface area contributed by atoms with Gasteiger partial charge in [-0.1, -0.05) is 13.3 Å². The number of hydrogen-bond acceptors (Lipinski definition) is 4. The van der Waals surface area contributed by atoms with Crippen LogP contribution in [-0.4, -0.2) is 34.8 Å². The summed E-state index contributed by atoms with van der Waals surface area (Å²) >= 11 is 5.52. The lowest BCUT2D eigenvalue weighted by atomic mass is 10.3. The van der Waals surface area contributed by atoms with Crippen LogP contribution in [0.2, 0.25) is 5.28 Å². The summed E-state index contributed by atoms with van der Waals surface area (Å²) in [5.74, 6) is 0.0785. The lowest BCUT2D eigenvalue weighted by Crippen LogP contribution is -2.29. The van der Waals surface area contributed by atoms with E-state index >= 15 is 0 Å². The maximum atomic E-state index is 12.6. The molecule has 0 fully saturated rings. The van der Waals surface area contributed by atoms with Gasteiger partial charge in [0.25, 0.3) is 0 Å². The molecule has 0 saturated carbocycles. The Labute approximate surface area is 114 Å². The average Bonchev–Trinajstić information content (AvgIpc) is 2.32. The van der Waals surface area contributed by atoms with Gasteiger partial charge in [-0.25, -0.2) is 9.97 Å². The van der Waals surface area contributed by atoms with E-state index in [-0.39, 0.29) is 19.0 Å². The van der Waals surface area contributed by atoms with Gasteiger partial charge in [0.05, 0.1) is 6.61 Å². The molecular formula is C11H15ClF3N3O. The van der Waals surface area contributed by atoms with Crippen molar-refractivity contribution in [3.05, 3.63) is 17.0 Å². The van der Waals surface area contributed by atoms with Gasteiger partial charge in [-0.3, -0.25) is 0 Å². The van der Waals surface area contributed by atoms with Crippen LogP contribution in [0, 0.1) is 0 Å². The molecule has 108 valence electrons. The molecule has 0 aliphatic rings. The van der Waals surface area contributed by atoms with Crippen molar-refractivity contribution in [3.63, 3.8) is 0 Å². The highest BCUT2D eigenvalue weighted by molar-refractivity contribution is 6.28.